The van der Waals surface area contributed by atoms with E-state index in [-0.39, 0.29) is 0 Å². The Labute approximate surface area is 112 Å². The van der Waals surface area contributed by atoms with E-state index in [1.54, 1.807) is 7.11 Å². The van der Waals surface area contributed by atoms with Crippen molar-refractivity contribution in [2.45, 2.75) is 11.7 Å². The fourth-order valence-corrected chi connectivity index (χ4v) is 3.89. The van der Waals surface area contributed by atoms with Gasteiger partial charge in [0.15, 0.2) is 0 Å². The van der Waals surface area contributed by atoms with Gasteiger partial charge < -0.3 is 4.74 Å². The van der Waals surface area contributed by atoms with Crippen LogP contribution >= 0.6 is 11.8 Å². The number of benzene rings is 2. The predicted molar refractivity (Wildman–Crippen MR) is 77.4 cm³/mol. The van der Waals surface area contributed by atoms with E-state index in [4.69, 9.17) is 4.74 Å². The van der Waals surface area contributed by atoms with Crippen molar-refractivity contribution in [3.05, 3.63) is 65.2 Å². The lowest BCUT2D eigenvalue weighted by molar-refractivity contribution is 0.410. The molecule has 0 saturated heterocycles. The van der Waals surface area contributed by atoms with Gasteiger partial charge >= 0.3 is 0 Å². The van der Waals surface area contributed by atoms with Crippen molar-refractivity contribution in [1.29, 1.82) is 0 Å². The van der Waals surface area contributed by atoms with Crippen molar-refractivity contribution in [3.63, 3.8) is 0 Å². The van der Waals surface area contributed by atoms with Crippen molar-refractivity contribution in [2.24, 2.45) is 0 Å². The second-order valence-electron chi connectivity index (χ2n) is 4.44. The molecule has 18 heavy (non-hydrogen) atoms. The van der Waals surface area contributed by atoms with Crippen LogP contribution in [0.2, 0.25) is 0 Å². The highest BCUT2D eigenvalue weighted by Gasteiger charge is 2.24. The van der Waals surface area contributed by atoms with Crippen molar-refractivity contribution in [1.82, 2.24) is 0 Å². The van der Waals surface area contributed by atoms with E-state index < -0.39 is 0 Å². The molecule has 0 fully saturated rings. The lowest BCUT2D eigenvalue weighted by Crippen LogP contribution is -2.10. The van der Waals surface area contributed by atoms with Crippen molar-refractivity contribution >= 4 is 11.8 Å². The van der Waals surface area contributed by atoms with E-state index in [1.807, 2.05) is 23.9 Å². The Morgan fingerprint density at radius 2 is 1.72 bits per heavy atom. The summed E-state index contributed by atoms with van der Waals surface area (Å²) in [6.07, 6.45) is 1.17. The number of ether oxygens (including phenoxy) is 1. The van der Waals surface area contributed by atoms with Crippen LogP contribution in [0.3, 0.4) is 0 Å². The number of rotatable bonds is 2. The Hall–Kier alpha value is -1.41. The topological polar surface area (TPSA) is 9.23 Å². The lowest BCUT2D eigenvalue weighted by atomic mass is 9.96. The summed E-state index contributed by atoms with van der Waals surface area (Å²) in [6, 6.07) is 17.1. The van der Waals surface area contributed by atoms with Crippen molar-refractivity contribution in [2.75, 3.05) is 12.9 Å². The average molecular weight is 256 g/mol. The van der Waals surface area contributed by atoms with E-state index in [2.05, 4.69) is 36.4 Å². The maximum absolute atomic E-state index is 5.50. The van der Waals surface area contributed by atoms with Gasteiger partial charge in [-0.15, -0.1) is 11.8 Å². The van der Waals surface area contributed by atoms with E-state index in [0.29, 0.717) is 5.25 Å². The van der Waals surface area contributed by atoms with Gasteiger partial charge in [-0.05, 0) is 29.4 Å². The minimum atomic E-state index is 0.408. The highest BCUT2D eigenvalue weighted by Crippen LogP contribution is 2.44. The van der Waals surface area contributed by atoms with Gasteiger partial charge in [0.05, 0.1) is 12.4 Å². The molecule has 0 aromatic heterocycles. The molecule has 0 aliphatic carbocycles. The van der Waals surface area contributed by atoms with Gasteiger partial charge in [-0.3, -0.25) is 0 Å². The van der Waals surface area contributed by atoms with Crippen LogP contribution in [0.4, 0.5) is 0 Å². The van der Waals surface area contributed by atoms with E-state index >= 15 is 0 Å². The minimum absolute atomic E-state index is 0.408. The standard InChI is InChI=1S/C16H16OS/c1-17-15-9-5-4-8-14(15)16-13-7-3-2-6-12(13)10-11-18-16/h2-9,16H,10-11H2,1H3. The molecule has 1 atom stereocenters. The summed E-state index contributed by atoms with van der Waals surface area (Å²) in [4.78, 5) is 0. The van der Waals surface area contributed by atoms with Gasteiger partial charge in [-0.2, -0.15) is 0 Å². The van der Waals surface area contributed by atoms with E-state index in [1.165, 1.54) is 28.9 Å². The molecule has 0 amide bonds. The van der Waals surface area contributed by atoms with Gasteiger partial charge in [0.25, 0.3) is 0 Å². The molecule has 0 radical (unpaired) electrons. The summed E-state index contributed by atoms with van der Waals surface area (Å²) in [7, 11) is 1.75. The van der Waals surface area contributed by atoms with Crippen LogP contribution < -0.4 is 4.74 Å². The molecule has 0 spiro atoms. The molecule has 1 aliphatic heterocycles. The molecule has 0 N–H and O–H groups in total. The molecule has 92 valence electrons. The second kappa shape index (κ2) is 5.07. The maximum Gasteiger partial charge on any atom is 0.123 e. The molecule has 1 nitrogen and oxygen atoms in total. The van der Waals surface area contributed by atoms with Crippen LogP contribution in [0.5, 0.6) is 5.75 Å². The zero-order valence-electron chi connectivity index (χ0n) is 10.4. The Morgan fingerprint density at radius 1 is 1.00 bits per heavy atom. The summed E-state index contributed by atoms with van der Waals surface area (Å²) in [5.74, 6) is 2.17. The molecule has 1 heterocycles. The first-order valence-electron chi connectivity index (χ1n) is 6.22. The van der Waals surface area contributed by atoms with Gasteiger partial charge in [0, 0.05) is 5.56 Å². The number of hydrogen-bond donors (Lipinski definition) is 0. The van der Waals surface area contributed by atoms with Crippen LogP contribution in [0.1, 0.15) is 21.9 Å². The van der Waals surface area contributed by atoms with Crippen molar-refractivity contribution in [3.8, 4) is 5.75 Å². The number of hydrogen-bond acceptors (Lipinski definition) is 2. The van der Waals surface area contributed by atoms with Gasteiger partial charge in [0.1, 0.15) is 5.75 Å². The molecular weight excluding hydrogens is 240 g/mol. The van der Waals surface area contributed by atoms with Crippen LogP contribution in [-0.4, -0.2) is 12.9 Å². The first-order chi connectivity index (χ1) is 8.90. The zero-order valence-corrected chi connectivity index (χ0v) is 11.2. The number of para-hydroxylation sites is 1. The monoisotopic (exact) mass is 256 g/mol. The highest BCUT2D eigenvalue weighted by molar-refractivity contribution is 7.99. The third-order valence-electron chi connectivity index (χ3n) is 3.41. The average Bonchev–Trinajstić information content (AvgIpc) is 2.46. The third-order valence-corrected chi connectivity index (χ3v) is 4.70. The lowest BCUT2D eigenvalue weighted by Gasteiger charge is -2.26. The molecule has 1 aliphatic rings. The molecule has 2 heteroatoms. The van der Waals surface area contributed by atoms with Crippen molar-refractivity contribution < 1.29 is 4.74 Å². The molecule has 1 unspecified atom stereocenters. The third kappa shape index (κ3) is 2.01. The molecule has 0 bridgehead atoms. The van der Waals surface area contributed by atoms with E-state index in [0.717, 1.165) is 5.75 Å². The van der Waals surface area contributed by atoms with Gasteiger partial charge in [-0.1, -0.05) is 42.5 Å². The Kier molecular flexibility index (Phi) is 3.28. The van der Waals surface area contributed by atoms with E-state index in [9.17, 15) is 0 Å². The zero-order chi connectivity index (χ0) is 12.4. The molecular formula is C16H16OS. The quantitative estimate of drug-likeness (QED) is 0.801. The van der Waals surface area contributed by atoms with Crippen LogP contribution in [-0.2, 0) is 6.42 Å². The molecule has 0 saturated carbocycles. The summed E-state index contributed by atoms with van der Waals surface area (Å²) in [5.41, 5.74) is 4.21. The number of thioether (sulfide) groups is 1. The molecule has 2 aromatic rings. The largest absolute Gasteiger partial charge is 0.496 e. The predicted octanol–water partition coefficient (Wildman–Crippen LogP) is 4.07. The van der Waals surface area contributed by atoms with Gasteiger partial charge in [-0.25, -0.2) is 0 Å². The SMILES string of the molecule is COc1ccccc1C1SCCc2ccccc21. The minimum Gasteiger partial charge on any atom is -0.496 e. The summed E-state index contributed by atoms with van der Waals surface area (Å²) >= 11 is 2.01. The van der Waals surface area contributed by atoms with Crippen LogP contribution in [0.15, 0.2) is 48.5 Å². The Balaban J connectivity index is 2.08. The Bertz CT molecular complexity index is 550. The van der Waals surface area contributed by atoms with Crippen LogP contribution in [0, 0.1) is 0 Å². The maximum atomic E-state index is 5.50. The molecule has 2 aromatic carbocycles. The Morgan fingerprint density at radius 3 is 2.56 bits per heavy atom. The highest BCUT2D eigenvalue weighted by atomic mass is 32.2. The number of aryl methyl sites for hydroxylation is 1. The fraction of sp³-hybridized carbons (Fsp3) is 0.250. The van der Waals surface area contributed by atoms with Gasteiger partial charge in [0.2, 0.25) is 0 Å². The first kappa shape index (κ1) is 11.7. The van der Waals surface area contributed by atoms with Crippen LogP contribution in [0.25, 0.3) is 0 Å². The number of methoxy groups -OCH3 is 1. The summed E-state index contributed by atoms with van der Waals surface area (Å²) < 4.78 is 5.50. The second-order valence-corrected chi connectivity index (χ2v) is 5.65. The normalized spacial score (nSPS) is 18.2. The summed E-state index contributed by atoms with van der Waals surface area (Å²) in [6.45, 7) is 0. The summed E-state index contributed by atoms with van der Waals surface area (Å²) in [5, 5.41) is 0.408. The molecule has 3 rings (SSSR count). The number of fused-ring (bicyclic) bond motifs is 1. The smallest absolute Gasteiger partial charge is 0.123 e. The fourth-order valence-electron chi connectivity index (χ4n) is 2.53. The first-order valence-corrected chi connectivity index (χ1v) is 7.27.